The average Bonchev–Trinajstić information content (AvgIpc) is 1.68. The molecule has 0 radical (unpaired) electrons. The van der Waals surface area contributed by atoms with Crippen LogP contribution in [0.5, 0.6) is 0 Å². The van der Waals surface area contributed by atoms with Gasteiger partial charge in [-0.2, -0.15) is 0 Å². The molecule has 0 heterocycles. The Morgan fingerprint density at radius 1 is 1.57 bits per heavy atom. The monoisotopic (exact) mass is 103 g/mol. The van der Waals surface area contributed by atoms with E-state index in [-0.39, 0.29) is 5.84 Å². The Morgan fingerprint density at radius 2 is 2.14 bits per heavy atom. The van der Waals surface area contributed by atoms with Crippen LogP contribution in [0.4, 0.5) is 0 Å². The average molecular weight is 103 g/mol. The van der Waals surface area contributed by atoms with Crippen molar-refractivity contribution in [1.29, 1.82) is 0 Å². The van der Waals surface area contributed by atoms with Crippen molar-refractivity contribution in [3.63, 3.8) is 0 Å². The predicted octanol–water partition coefficient (Wildman–Crippen LogP) is -0.807. The lowest BCUT2D eigenvalue weighted by Gasteiger charge is -1.78. The van der Waals surface area contributed by atoms with E-state index >= 15 is 0 Å². The fourth-order valence-electron chi connectivity index (χ4n) is 0.0850. The molecule has 0 aromatic heterocycles. The van der Waals surface area contributed by atoms with Gasteiger partial charge in [0.15, 0.2) is 5.84 Å². The van der Waals surface area contributed by atoms with E-state index < -0.39 is 0 Å². The fraction of sp³-hybridized carbons (Fsp3) is 0. The van der Waals surface area contributed by atoms with Crippen molar-refractivity contribution in [2.24, 2.45) is 16.0 Å². The number of rotatable bonds is 1. The Hall–Kier alpha value is -1.26. The maximum Gasteiger partial charge on any atom is 0.184 e. The molecule has 4 N–H and O–H groups in total. The summed E-state index contributed by atoms with van der Waals surface area (Å²) in [6.07, 6.45) is 0.806. The van der Waals surface area contributed by atoms with Crippen molar-refractivity contribution in [2.75, 3.05) is 0 Å². The number of hydrogen-bond acceptors (Lipinski definition) is 4. The first-order chi connectivity index (χ1) is 3.31. The van der Waals surface area contributed by atoms with E-state index in [1.807, 2.05) is 0 Å². The quantitative estimate of drug-likeness (QED) is 0.175. The first-order valence-electron chi connectivity index (χ1n) is 1.46. The van der Waals surface area contributed by atoms with Crippen LogP contribution in [0, 0.1) is 0 Å². The highest BCUT2D eigenvalue weighted by atomic mass is 16.4. The van der Waals surface area contributed by atoms with Gasteiger partial charge in [-0.15, -0.1) is 0 Å². The van der Waals surface area contributed by atoms with Gasteiger partial charge in [0.1, 0.15) is 6.21 Å². The molecule has 0 amide bonds. The molecule has 0 aliphatic rings. The van der Waals surface area contributed by atoms with Crippen LogP contribution in [-0.4, -0.2) is 22.5 Å². The zero-order valence-electron chi connectivity index (χ0n) is 3.44. The molecule has 0 aromatic carbocycles. The highest BCUT2D eigenvalue weighted by Crippen LogP contribution is 1.55. The van der Waals surface area contributed by atoms with Gasteiger partial charge in [0.25, 0.3) is 0 Å². The maximum absolute atomic E-state index is 7.73. The van der Waals surface area contributed by atoms with Crippen LogP contribution in [0.3, 0.4) is 0 Å². The van der Waals surface area contributed by atoms with Crippen LogP contribution in [-0.2, 0) is 0 Å². The summed E-state index contributed by atoms with van der Waals surface area (Å²) >= 11 is 0. The number of hydrogen-bond donors (Lipinski definition) is 3. The largest absolute Gasteiger partial charge is 0.411 e. The molecule has 7 heavy (non-hydrogen) atoms. The Bertz CT molecular complexity index is 97.1. The molecule has 0 spiro atoms. The van der Waals surface area contributed by atoms with Gasteiger partial charge in [0.05, 0.1) is 0 Å². The highest BCUT2D eigenvalue weighted by Gasteiger charge is 1.78. The van der Waals surface area contributed by atoms with Crippen LogP contribution in [0.25, 0.3) is 0 Å². The van der Waals surface area contributed by atoms with Crippen LogP contribution in [0.1, 0.15) is 0 Å². The van der Waals surface area contributed by atoms with E-state index in [2.05, 4.69) is 10.3 Å². The van der Waals surface area contributed by atoms with Crippen molar-refractivity contribution in [1.82, 2.24) is 0 Å². The summed E-state index contributed by atoms with van der Waals surface area (Å²) in [5, 5.41) is 20.3. The van der Waals surface area contributed by atoms with Crippen LogP contribution < -0.4 is 5.73 Å². The second-order valence-corrected chi connectivity index (χ2v) is 0.769. The summed E-state index contributed by atoms with van der Waals surface area (Å²) in [5.41, 5.74) is 4.77. The van der Waals surface area contributed by atoms with Crippen molar-refractivity contribution in [3.05, 3.63) is 0 Å². The smallest absolute Gasteiger partial charge is 0.184 e. The van der Waals surface area contributed by atoms with Gasteiger partial charge < -0.3 is 16.1 Å². The summed E-state index contributed by atoms with van der Waals surface area (Å²) in [7, 11) is 0. The molecule has 5 heteroatoms. The normalized spacial score (nSPS) is 12.9. The van der Waals surface area contributed by atoms with E-state index in [9.17, 15) is 0 Å². The van der Waals surface area contributed by atoms with Gasteiger partial charge in [-0.1, -0.05) is 10.3 Å². The van der Waals surface area contributed by atoms with Crippen molar-refractivity contribution in [3.8, 4) is 0 Å². The molecule has 0 saturated heterocycles. The molecule has 0 saturated carbocycles. The number of amidine groups is 1. The molecule has 0 unspecified atom stereocenters. The van der Waals surface area contributed by atoms with Crippen molar-refractivity contribution < 1.29 is 10.4 Å². The van der Waals surface area contributed by atoms with E-state index in [0.717, 1.165) is 6.21 Å². The molecule has 0 aliphatic carbocycles. The molecule has 0 aromatic rings. The lowest BCUT2D eigenvalue weighted by molar-refractivity contribution is 0.315. The molecule has 5 nitrogen and oxygen atoms in total. The topological polar surface area (TPSA) is 91.2 Å². The molecule has 40 valence electrons. The molecule has 0 atom stereocenters. The van der Waals surface area contributed by atoms with Gasteiger partial charge in [-0.05, 0) is 0 Å². The lowest BCUT2D eigenvalue weighted by Crippen LogP contribution is -2.12. The zero-order chi connectivity index (χ0) is 5.70. The highest BCUT2D eigenvalue weighted by molar-refractivity contribution is 6.28. The summed E-state index contributed by atoms with van der Waals surface area (Å²) in [5.74, 6) is -0.234. The van der Waals surface area contributed by atoms with Gasteiger partial charge in [-0.25, -0.2) is 0 Å². The van der Waals surface area contributed by atoms with E-state index in [1.54, 1.807) is 0 Å². The summed E-state index contributed by atoms with van der Waals surface area (Å²) in [4.78, 5) is 0. The second kappa shape index (κ2) is 2.95. The zero-order valence-corrected chi connectivity index (χ0v) is 3.44. The second-order valence-electron chi connectivity index (χ2n) is 0.769. The van der Waals surface area contributed by atoms with Crippen LogP contribution >= 0.6 is 0 Å². The minimum Gasteiger partial charge on any atom is -0.411 e. The van der Waals surface area contributed by atoms with Crippen LogP contribution in [0.2, 0.25) is 0 Å². The van der Waals surface area contributed by atoms with Gasteiger partial charge >= 0.3 is 0 Å². The fourth-order valence-corrected chi connectivity index (χ4v) is 0.0850. The minimum absolute atomic E-state index is 0.234. The first-order valence-corrected chi connectivity index (χ1v) is 1.46. The Kier molecular flexibility index (Phi) is 2.42. The number of nitrogens with two attached hydrogens (primary N) is 1. The molecular weight excluding hydrogens is 98.0 g/mol. The van der Waals surface area contributed by atoms with Crippen LogP contribution in [0.15, 0.2) is 10.3 Å². The van der Waals surface area contributed by atoms with E-state index in [4.69, 9.17) is 16.1 Å². The Labute approximate surface area is 39.7 Å². The Morgan fingerprint density at radius 3 is 2.29 bits per heavy atom. The lowest BCUT2D eigenvalue weighted by atomic mass is 10.7. The molecule has 0 aliphatic heterocycles. The van der Waals surface area contributed by atoms with Crippen molar-refractivity contribution in [2.45, 2.75) is 0 Å². The summed E-state index contributed by atoms with van der Waals surface area (Å²) < 4.78 is 0. The number of oxime groups is 2. The SMILES string of the molecule is NC(/C=N/O)=N/O. The van der Waals surface area contributed by atoms with E-state index in [0.29, 0.717) is 0 Å². The standard InChI is InChI=1S/C2H5N3O2/c3-2(5-7)1-4-6/h1,6-7H,(H2,3,5)/b4-1+. The number of nitrogens with zero attached hydrogens (tertiary/aromatic N) is 2. The predicted molar refractivity (Wildman–Crippen MR) is 23.7 cm³/mol. The third-order valence-corrected chi connectivity index (χ3v) is 0.305. The van der Waals surface area contributed by atoms with Crippen molar-refractivity contribution >= 4 is 12.1 Å². The van der Waals surface area contributed by atoms with Gasteiger partial charge in [-0.3, -0.25) is 0 Å². The third kappa shape index (κ3) is 2.54. The maximum atomic E-state index is 7.73. The van der Waals surface area contributed by atoms with Gasteiger partial charge in [0, 0.05) is 0 Å². The summed E-state index contributed by atoms with van der Waals surface area (Å²) in [6.45, 7) is 0. The van der Waals surface area contributed by atoms with E-state index in [1.165, 1.54) is 0 Å². The molecular formula is C2H5N3O2. The molecule has 0 fully saturated rings. The first kappa shape index (κ1) is 5.74. The third-order valence-electron chi connectivity index (χ3n) is 0.305. The molecule has 0 rings (SSSR count). The van der Waals surface area contributed by atoms with Gasteiger partial charge in [0.2, 0.25) is 0 Å². The Balaban J connectivity index is 3.58. The summed E-state index contributed by atoms with van der Waals surface area (Å²) in [6, 6.07) is 0. The molecule has 0 bridgehead atoms. The minimum atomic E-state index is -0.234.